The molecule has 1 aromatic rings. The van der Waals surface area contributed by atoms with Gasteiger partial charge in [-0.2, -0.15) is 0 Å². The van der Waals surface area contributed by atoms with E-state index in [9.17, 15) is 9.59 Å². The number of rotatable bonds is 2. The molecule has 1 aromatic carbocycles. The van der Waals surface area contributed by atoms with Gasteiger partial charge in [0.15, 0.2) is 0 Å². The van der Waals surface area contributed by atoms with Crippen molar-refractivity contribution in [1.82, 2.24) is 0 Å². The third kappa shape index (κ3) is 2.27. The molecule has 0 spiro atoms. The SMILES string of the molecule is COC(=O)C=Cc1cccc2c1N(C(C)=O)CC2. The fourth-order valence-electron chi connectivity index (χ4n) is 2.16. The molecular weight excluding hydrogens is 230 g/mol. The summed E-state index contributed by atoms with van der Waals surface area (Å²) in [5, 5.41) is 0. The second kappa shape index (κ2) is 5.04. The van der Waals surface area contributed by atoms with Crippen LogP contribution in [0.25, 0.3) is 6.08 Å². The predicted octanol–water partition coefficient (Wildman–Crippen LogP) is 1.78. The summed E-state index contributed by atoms with van der Waals surface area (Å²) in [6, 6.07) is 5.83. The molecule has 0 fully saturated rings. The molecule has 18 heavy (non-hydrogen) atoms. The van der Waals surface area contributed by atoms with Crippen molar-refractivity contribution in [2.24, 2.45) is 0 Å². The van der Waals surface area contributed by atoms with Crippen LogP contribution in [0.15, 0.2) is 24.3 Å². The lowest BCUT2D eigenvalue weighted by molar-refractivity contribution is -0.134. The number of esters is 1. The van der Waals surface area contributed by atoms with E-state index in [2.05, 4.69) is 4.74 Å². The van der Waals surface area contributed by atoms with Crippen LogP contribution in [0.5, 0.6) is 0 Å². The number of benzene rings is 1. The topological polar surface area (TPSA) is 46.6 Å². The second-order valence-corrected chi connectivity index (χ2v) is 4.13. The number of hydrogen-bond acceptors (Lipinski definition) is 3. The van der Waals surface area contributed by atoms with Crippen LogP contribution in [0.1, 0.15) is 18.1 Å². The highest BCUT2D eigenvalue weighted by Crippen LogP contribution is 2.32. The summed E-state index contributed by atoms with van der Waals surface area (Å²) in [6.07, 6.45) is 3.91. The predicted molar refractivity (Wildman–Crippen MR) is 69.2 cm³/mol. The molecule has 0 unspecified atom stereocenters. The second-order valence-electron chi connectivity index (χ2n) is 4.13. The first-order valence-corrected chi connectivity index (χ1v) is 5.79. The van der Waals surface area contributed by atoms with Gasteiger partial charge in [0.25, 0.3) is 0 Å². The number of carbonyl (C=O) groups is 2. The Bertz CT molecular complexity index is 520. The molecule has 1 aliphatic rings. The highest BCUT2D eigenvalue weighted by Gasteiger charge is 2.23. The van der Waals surface area contributed by atoms with E-state index in [-0.39, 0.29) is 5.91 Å². The van der Waals surface area contributed by atoms with Crippen molar-refractivity contribution in [3.63, 3.8) is 0 Å². The number of hydrogen-bond donors (Lipinski definition) is 0. The molecule has 4 nitrogen and oxygen atoms in total. The zero-order chi connectivity index (χ0) is 13.1. The summed E-state index contributed by atoms with van der Waals surface area (Å²) in [4.78, 5) is 24.4. The normalized spacial score (nSPS) is 13.8. The van der Waals surface area contributed by atoms with Gasteiger partial charge < -0.3 is 9.64 Å². The van der Waals surface area contributed by atoms with Gasteiger partial charge in [-0.15, -0.1) is 0 Å². The monoisotopic (exact) mass is 245 g/mol. The van der Waals surface area contributed by atoms with Gasteiger partial charge in [-0.25, -0.2) is 4.79 Å². The number of nitrogens with zero attached hydrogens (tertiary/aromatic N) is 1. The lowest BCUT2D eigenvalue weighted by atomic mass is 10.1. The number of ether oxygens (including phenoxy) is 1. The Hall–Kier alpha value is -2.10. The molecule has 0 radical (unpaired) electrons. The molecule has 0 atom stereocenters. The molecule has 0 N–H and O–H groups in total. The third-order valence-electron chi connectivity index (χ3n) is 3.01. The quantitative estimate of drug-likeness (QED) is 0.589. The van der Waals surface area contributed by atoms with Gasteiger partial charge >= 0.3 is 5.97 Å². The highest BCUT2D eigenvalue weighted by atomic mass is 16.5. The molecule has 4 heteroatoms. The Morgan fingerprint density at radius 1 is 1.39 bits per heavy atom. The molecule has 0 saturated heterocycles. The Morgan fingerprint density at radius 3 is 2.83 bits per heavy atom. The van der Waals surface area contributed by atoms with Crippen LogP contribution in [0.3, 0.4) is 0 Å². The number of amides is 1. The number of carbonyl (C=O) groups excluding carboxylic acids is 2. The summed E-state index contributed by atoms with van der Waals surface area (Å²) in [7, 11) is 1.34. The third-order valence-corrected chi connectivity index (χ3v) is 3.01. The maximum absolute atomic E-state index is 11.6. The zero-order valence-corrected chi connectivity index (χ0v) is 10.5. The summed E-state index contributed by atoms with van der Waals surface area (Å²) in [5.41, 5.74) is 2.91. The fourth-order valence-corrected chi connectivity index (χ4v) is 2.16. The number of methoxy groups -OCH3 is 1. The van der Waals surface area contributed by atoms with E-state index in [1.54, 1.807) is 17.9 Å². The molecule has 1 amide bonds. The average Bonchev–Trinajstić information content (AvgIpc) is 2.80. The summed E-state index contributed by atoms with van der Waals surface area (Å²) in [6.45, 7) is 2.25. The van der Waals surface area contributed by atoms with Crippen molar-refractivity contribution >= 4 is 23.6 Å². The van der Waals surface area contributed by atoms with E-state index in [1.807, 2.05) is 18.2 Å². The molecule has 2 rings (SSSR count). The van der Waals surface area contributed by atoms with Crippen LogP contribution >= 0.6 is 0 Å². The molecule has 1 aliphatic heterocycles. The van der Waals surface area contributed by atoms with Gasteiger partial charge in [0.1, 0.15) is 0 Å². The van der Waals surface area contributed by atoms with Crippen molar-refractivity contribution in [1.29, 1.82) is 0 Å². The van der Waals surface area contributed by atoms with Gasteiger partial charge in [0.05, 0.1) is 12.8 Å². The lowest BCUT2D eigenvalue weighted by Crippen LogP contribution is -2.26. The molecular formula is C14H15NO3. The summed E-state index contributed by atoms with van der Waals surface area (Å²) >= 11 is 0. The first-order valence-electron chi connectivity index (χ1n) is 5.79. The minimum absolute atomic E-state index is 0.0210. The first-order chi connectivity index (χ1) is 8.63. The van der Waals surface area contributed by atoms with Gasteiger partial charge in [0, 0.05) is 19.5 Å². The number of para-hydroxylation sites is 1. The van der Waals surface area contributed by atoms with Crippen LogP contribution in [0.4, 0.5) is 5.69 Å². The van der Waals surface area contributed by atoms with Gasteiger partial charge in [0.2, 0.25) is 5.91 Å². The van der Waals surface area contributed by atoms with Gasteiger partial charge in [-0.1, -0.05) is 18.2 Å². The van der Waals surface area contributed by atoms with Crippen LogP contribution in [-0.4, -0.2) is 25.5 Å². The molecule has 0 aliphatic carbocycles. The van der Waals surface area contributed by atoms with Crippen LogP contribution < -0.4 is 4.90 Å². The number of anilines is 1. The Kier molecular flexibility index (Phi) is 3.46. The van der Waals surface area contributed by atoms with E-state index >= 15 is 0 Å². The van der Waals surface area contributed by atoms with Crippen molar-refractivity contribution in [3.05, 3.63) is 35.4 Å². The largest absolute Gasteiger partial charge is 0.466 e. The van der Waals surface area contributed by atoms with Crippen LogP contribution in [0.2, 0.25) is 0 Å². The standard InChI is InChI=1S/C14H15NO3/c1-10(16)15-9-8-12-5-3-4-11(14(12)15)6-7-13(17)18-2/h3-7H,8-9H2,1-2H3. The maximum atomic E-state index is 11.6. The van der Waals surface area contributed by atoms with Crippen molar-refractivity contribution in [2.75, 3.05) is 18.6 Å². The van der Waals surface area contributed by atoms with E-state index in [0.717, 1.165) is 23.2 Å². The summed E-state index contributed by atoms with van der Waals surface area (Å²) < 4.78 is 4.56. The van der Waals surface area contributed by atoms with Crippen molar-refractivity contribution < 1.29 is 14.3 Å². The van der Waals surface area contributed by atoms with Crippen molar-refractivity contribution in [2.45, 2.75) is 13.3 Å². The minimum Gasteiger partial charge on any atom is -0.466 e. The fraction of sp³-hybridized carbons (Fsp3) is 0.286. The van der Waals surface area contributed by atoms with E-state index in [0.29, 0.717) is 6.54 Å². The number of fused-ring (bicyclic) bond motifs is 1. The molecule has 1 heterocycles. The first kappa shape index (κ1) is 12.4. The molecule has 94 valence electrons. The molecule has 0 bridgehead atoms. The zero-order valence-electron chi connectivity index (χ0n) is 10.5. The lowest BCUT2D eigenvalue weighted by Gasteiger charge is -2.17. The van der Waals surface area contributed by atoms with Crippen LogP contribution in [0, 0.1) is 0 Å². The Balaban J connectivity index is 2.38. The minimum atomic E-state index is -0.403. The maximum Gasteiger partial charge on any atom is 0.330 e. The molecule has 0 saturated carbocycles. The smallest absolute Gasteiger partial charge is 0.330 e. The Morgan fingerprint density at radius 2 is 2.17 bits per heavy atom. The molecule has 0 aromatic heterocycles. The van der Waals surface area contributed by atoms with E-state index < -0.39 is 5.97 Å². The van der Waals surface area contributed by atoms with Crippen molar-refractivity contribution in [3.8, 4) is 0 Å². The van der Waals surface area contributed by atoms with Gasteiger partial charge in [-0.05, 0) is 23.6 Å². The van der Waals surface area contributed by atoms with Gasteiger partial charge in [-0.3, -0.25) is 4.79 Å². The van der Waals surface area contributed by atoms with Crippen LogP contribution in [-0.2, 0) is 20.7 Å². The summed E-state index contributed by atoms with van der Waals surface area (Å²) in [5.74, 6) is -0.382. The Labute approximate surface area is 106 Å². The highest BCUT2D eigenvalue weighted by molar-refractivity contribution is 5.97. The van der Waals surface area contributed by atoms with E-state index in [1.165, 1.54) is 13.2 Å². The average molecular weight is 245 g/mol. The van der Waals surface area contributed by atoms with E-state index in [4.69, 9.17) is 0 Å².